The fourth-order valence-electron chi connectivity index (χ4n) is 1.38. The maximum absolute atomic E-state index is 11.7. The van der Waals surface area contributed by atoms with Crippen LogP contribution in [0.3, 0.4) is 0 Å². The van der Waals surface area contributed by atoms with Gasteiger partial charge < -0.3 is 5.32 Å². The Morgan fingerprint density at radius 3 is 2.62 bits per heavy atom. The molecule has 3 nitrogen and oxygen atoms in total. The molecule has 0 bridgehead atoms. The topological polar surface area (TPSA) is 52.9 Å². The van der Waals surface area contributed by atoms with Gasteiger partial charge in [-0.25, -0.2) is 0 Å². The summed E-state index contributed by atoms with van der Waals surface area (Å²) < 4.78 is -0.231. The molecule has 0 aliphatic heterocycles. The van der Waals surface area contributed by atoms with Gasteiger partial charge in [0.25, 0.3) is 0 Å². The van der Waals surface area contributed by atoms with Gasteiger partial charge in [-0.2, -0.15) is 5.26 Å². The van der Waals surface area contributed by atoms with E-state index in [9.17, 15) is 4.79 Å². The van der Waals surface area contributed by atoms with Gasteiger partial charge in [-0.05, 0) is 32.4 Å². The molecule has 1 rings (SSSR count). The molecule has 0 aromatic rings. The molecule has 13 heavy (non-hydrogen) atoms. The molecule has 1 aliphatic carbocycles. The predicted molar refractivity (Wildman–Crippen MR) is 53.3 cm³/mol. The quantitative estimate of drug-likeness (QED) is 0.743. The fraction of sp³-hybridized carbons (Fsp3) is 0.778. The third-order valence-corrected chi connectivity index (χ3v) is 3.88. The summed E-state index contributed by atoms with van der Waals surface area (Å²) in [6.07, 6.45) is 4.96. The van der Waals surface area contributed by atoms with Gasteiger partial charge in [0.15, 0.2) is 0 Å². The summed E-state index contributed by atoms with van der Waals surface area (Å²) in [7, 11) is 0. The first-order valence-electron chi connectivity index (χ1n) is 4.40. The van der Waals surface area contributed by atoms with E-state index >= 15 is 0 Å². The summed E-state index contributed by atoms with van der Waals surface area (Å²) in [6.45, 7) is 1.70. The van der Waals surface area contributed by atoms with E-state index in [1.165, 1.54) is 0 Å². The molecule has 1 atom stereocenters. The minimum atomic E-state index is -0.378. The Bertz CT molecular complexity index is 237. The summed E-state index contributed by atoms with van der Waals surface area (Å²) >= 11 is 1.60. The van der Waals surface area contributed by atoms with Crippen LogP contribution in [0.15, 0.2) is 0 Å². The van der Waals surface area contributed by atoms with Gasteiger partial charge in [0, 0.05) is 0 Å². The van der Waals surface area contributed by atoms with Crippen molar-refractivity contribution in [1.29, 1.82) is 5.26 Å². The van der Waals surface area contributed by atoms with Crippen molar-refractivity contribution in [1.82, 2.24) is 5.32 Å². The molecule has 4 heteroatoms. The zero-order chi connectivity index (χ0) is 9.90. The second kappa shape index (κ2) is 4.01. The minimum absolute atomic E-state index is 0.0281. The molecule has 1 amide bonds. The van der Waals surface area contributed by atoms with Gasteiger partial charge in [-0.1, -0.05) is 0 Å². The molecular weight excluding hydrogens is 184 g/mol. The van der Waals surface area contributed by atoms with E-state index in [4.69, 9.17) is 5.26 Å². The van der Waals surface area contributed by atoms with Crippen molar-refractivity contribution in [3.63, 3.8) is 0 Å². The number of hydrogen-bond donors (Lipinski definition) is 1. The lowest BCUT2D eigenvalue weighted by Gasteiger charge is -2.38. The van der Waals surface area contributed by atoms with E-state index in [0.29, 0.717) is 0 Å². The summed E-state index contributed by atoms with van der Waals surface area (Å²) in [5, 5.41) is 11.2. The van der Waals surface area contributed by atoms with Crippen molar-refractivity contribution in [3.8, 4) is 6.07 Å². The lowest BCUT2D eigenvalue weighted by atomic mass is 9.83. The molecule has 0 radical (unpaired) electrons. The number of thioether (sulfide) groups is 1. The highest BCUT2D eigenvalue weighted by Crippen LogP contribution is 2.42. The van der Waals surface area contributed by atoms with E-state index in [1.54, 1.807) is 18.7 Å². The van der Waals surface area contributed by atoms with Gasteiger partial charge >= 0.3 is 0 Å². The van der Waals surface area contributed by atoms with Crippen molar-refractivity contribution in [3.05, 3.63) is 0 Å². The summed E-state index contributed by atoms with van der Waals surface area (Å²) in [5.74, 6) is 0.0281. The Hall–Kier alpha value is -0.690. The van der Waals surface area contributed by atoms with Crippen molar-refractivity contribution < 1.29 is 4.79 Å². The first kappa shape index (κ1) is 10.4. The number of carbonyl (C=O) groups is 1. The van der Waals surface area contributed by atoms with Crippen molar-refractivity contribution in [2.75, 3.05) is 6.26 Å². The van der Waals surface area contributed by atoms with Crippen LogP contribution in [0.2, 0.25) is 0 Å². The normalized spacial score (nSPS) is 21.0. The predicted octanol–water partition coefficient (Wildman–Crippen LogP) is 1.30. The van der Waals surface area contributed by atoms with Gasteiger partial charge in [0.05, 0.1) is 10.8 Å². The van der Waals surface area contributed by atoms with Gasteiger partial charge in [-0.3, -0.25) is 4.79 Å². The number of nitriles is 1. The average Bonchev–Trinajstić information content (AvgIpc) is 2.03. The highest BCUT2D eigenvalue weighted by atomic mass is 32.2. The second-order valence-electron chi connectivity index (χ2n) is 3.38. The van der Waals surface area contributed by atoms with Crippen molar-refractivity contribution in [2.24, 2.45) is 0 Å². The number of nitrogens with zero attached hydrogens (tertiary/aromatic N) is 1. The number of carbonyl (C=O) groups excluding carboxylic acids is 1. The van der Waals surface area contributed by atoms with Crippen molar-refractivity contribution >= 4 is 17.7 Å². The maximum atomic E-state index is 11.7. The van der Waals surface area contributed by atoms with E-state index in [1.807, 2.05) is 12.3 Å². The van der Waals surface area contributed by atoms with Crippen LogP contribution >= 0.6 is 11.8 Å². The van der Waals surface area contributed by atoms with Crippen LogP contribution in [0.5, 0.6) is 0 Å². The molecule has 0 saturated heterocycles. The molecule has 0 aromatic carbocycles. The summed E-state index contributed by atoms with van der Waals surface area (Å²) in [6, 6.07) is 1.62. The van der Waals surface area contributed by atoms with Crippen LogP contribution in [0.1, 0.15) is 26.2 Å². The average molecular weight is 198 g/mol. The van der Waals surface area contributed by atoms with E-state index in [-0.39, 0.29) is 16.7 Å². The Morgan fingerprint density at radius 2 is 2.31 bits per heavy atom. The highest BCUT2D eigenvalue weighted by molar-refractivity contribution is 8.00. The third-order valence-electron chi connectivity index (χ3n) is 2.51. The summed E-state index contributed by atoms with van der Waals surface area (Å²) in [5.41, 5.74) is 0. The number of rotatable bonds is 3. The minimum Gasteiger partial charge on any atom is -0.339 e. The smallest absolute Gasteiger partial charge is 0.237 e. The molecule has 72 valence electrons. The lowest BCUT2D eigenvalue weighted by Crippen LogP contribution is -2.51. The third kappa shape index (κ3) is 1.97. The zero-order valence-corrected chi connectivity index (χ0v) is 8.78. The number of nitrogens with one attached hydrogen (secondary N) is 1. The van der Waals surface area contributed by atoms with Gasteiger partial charge in [0.1, 0.15) is 6.04 Å². The molecule has 1 saturated carbocycles. The van der Waals surface area contributed by atoms with Gasteiger partial charge in [0.2, 0.25) is 5.91 Å². The standard InChI is InChI=1S/C9H14N2OS/c1-7(6-10)11-8(12)9(13-2)4-3-5-9/h7H,3-5H2,1-2H3,(H,11,12)/t7-/m1/s1. The van der Waals surface area contributed by atoms with Crippen LogP contribution in [0, 0.1) is 11.3 Å². The zero-order valence-electron chi connectivity index (χ0n) is 7.96. The van der Waals surface area contributed by atoms with Gasteiger partial charge in [-0.15, -0.1) is 11.8 Å². The van der Waals surface area contributed by atoms with Crippen LogP contribution < -0.4 is 5.32 Å². The molecule has 1 fully saturated rings. The molecule has 0 aromatic heterocycles. The van der Waals surface area contributed by atoms with Crippen LogP contribution in [-0.4, -0.2) is 23.0 Å². The van der Waals surface area contributed by atoms with E-state index in [2.05, 4.69) is 5.32 Å². The summed E-state index contributed by atoms with van der Waals surface area (Å²) in [4.78, 5) is 11.7. The largest absolute Gasteiger partial charge is 0.339 e. The second-order valence-corrected chi connectivity index (χ2v) is 4.57. The monoisotopic (exact) mass is 198 g/mol. The van der Waals surface area contributed by atoms with Crippen molar-refractivity contribution in [2.45, 2.75) is 37.0 Å². The SMILES string of the molecule is CSC1(C(=O)N[C@H](C)C#N)CCC1. The Kier molecular flexibility index (Phi) is 3.21. The van der Waals surface area contributed by atoms with E-state index < -0.39 is 0 Å². The Morgan fingerprint density at radius 1 is 1.69 bits per heavy atom. The number of hydrogen-bond acceptors (Lipinski definition) is 3. The molecule has 0 unspecified atom stereocenters. The fourth-order valence-corrected chi connectivity index (χ4v) is 2.32. The Labute approximate surface area is 82.9 Å². The van der Waals surface area contributed by atoms with Crippen LogP contribution in [0.25, 0.3) is 0 Å². The molecule has 1 N–H and O–H groups in total. The number of amides is 1. The molecule has 0 spiro atoms. The molecule has 0 heterocycles. The Balaban J connectivity index is 2.52. The highest BCUT2D eigenvalue weighted by Gasteiger charge is 2.43. The lowest BCUT2D eigenvalue weighted by molar-refractivity contribution is -0.125. The van der Waals surface area contributed by atoms with Crippen LogP contribution in [-0.2, 0) is 4.79 Å². The van der Waals surface area contributed by atoms with Crippen LogP contribution in [0.4, 0.5) is 0 Å². The first-order chi connectivity index (χ1) is 6.14. The van der Waals surface area contributed by atoms with E-state index in [0.717, 1.165) is 19.3 Å². The maximum Gasteiger partial charge on any atom is 0.237 e. The first-order valence-corrected chi connectivity index (χ1v) is 5.63. The molecular formula is C9H14N2OS. The molecule has 1 aliphatic rings.